The lowest BCUT2D eigenvalue weighted by Gasteiger charge is -2.29. The van der Waals surface area contributed by atoms with Gasteiger partial charge >= 0.3 is 5.69 Å². The number of fused-ring (bicyclic) bond motifs is 1. The fourth-order valence-corrected chi connectivity index (χ4v) is 7.12. The Balaban J connectivity index is 1.57. The lowest BCUT2D eigenvalue weighted by molar-refractivity contribution is -0.122. The summed E-state index contributed by atoms with van der Waals surface area (Å²) in [7, 11) is 1.50. The second kappa shape index (κ2) is 11.2. The van der Waals surface area contributed by atoms with Crippen molar-refractivity contribution in [1.82, 2.24) is 29.4 Å². The number of hydrogen-bond acceptors (Lipinski definition) is 8. The molecule has 1 saturated heterocycles. The van der Waals surface area contributed by atoms with Gasteiger partial charge in [-0.2, -0.15) is 10.2 Å². The maximum atomic E-state index is 14.6. The van der Waals surface area contributed by atoms with Crippen molar-refractivity contribution in [3.05, 3.63) is 68.4 Å². The van der Waals surface area contributed by atoms with E-state index in [2.05, 4.69) is 15.5 Å². The summed E-state index contributed by atoms with van der Waals surface area (Å²) < 4.78 is 29.3. The molecule has 11 nitrogen and oxygen atoms in total. The van der Waals surface area contributed by atoms with Crippen LogP contribution in [0.5, 0.6) is 5.75 Å². The highest BCUT2D eigenvalue weighted by Gasteiger charge is 2.33. The predicted molar refractivity (Wildman–Crippen MR) is 150 cm³/mol. The number of hydrogen-bond donors (Lipinski definition) is 1. The largest absolute Gasteiger partial charge is 0.496 e. The monoisotopic (exact) mass is 582 g/mol. The van der Waals surface area contributed by atoms with Crippen LogP contribution < -0.4 is 21.3 Å². The molecular weight excluding hydrogens is 551 g/mol. The van der Waals surface area contributed by atoms with Crippen molar-refractivity contribution in [2.24, 2.45) is 0 Å². The number of halogens is 1. The standard InChI is InChI=1S/C28H31FN6O5S/c1-16-23-25(37)34(20-10-11-30-24(20)36)28(38)33(27(23)41-26(16)35-31-12-13-32-35)15-22(40-18-6-4-3-5-7-18)19-14-17(29)8-9-21(19)39-2/h8-9,12-14,18,20,22H,3-7,10-11,15H2,1-2H3,(H,30,36)/t20-,22+/m1/s1. The fourth-order valence-electron chi connectivity index (χ4n) is 5.90. The molecule has 4 heterocycles. The number of nitrogens with one attached hydrogen (secondary N) is 1. The molecule has 0 spiro atoms. The van der Waals surface area contributed by atoms with Gasteiger partial charge in [-0.1, -0.05) is 30.6 Å². The van der Waals surface area contributed by atoms with E-state index in [-0.39, 0.29) is 18.6 Å². The fraction of sp³-hybridized carbons (Fsp3) is 0.464. The Morgan fingerprint density at radius 3 is 2.56 bits per heavy atom. The van der Waals surface area contributed by atoms with Crippen LogP contribution in [0.3, 0.4) is 0 Å². The molecule has 1 aliphatic heterocycles. The summed E-state index contributed by atoms with van der Waals surface area (Å²) in [5, 5.41) is 12.1. The van der Waals surface area contributed by atoms with Crippen LogP contribution >= 0.6 is 11.3 Å². The van der Waals surface area contributed by atoms with Gasteiger partial charge in [0.2, 0.25) is 5.91 Å². The summed E-state index contributed by atoms with van der Waals surface area (Å²) >= 11 is 1.21. The normalized spacial score (nSPS) is 18.6. The predicted octanol–water partition coefficient (Wildman–Crippen LogP) is 3.41. The molecule has 0 unspecified atom stereocenters. The first-order chi connectivity index (χ1) is 19.9. The van der Waals surface area contributed by atoms with E-state index < -0.39 is 29.2 Å². The molecule has 216 valence electrons. The quantitative estimate of drug-likeness (QED) is 0.338. The zero-order chi connectivity index (χ0) is 28.7. The number of carbonyl (C=O) groups is 1. The van der Waals surface area contributed by atoms with Crippen LogP contribution in [0, 0.1) is 12.7 Å². The summed E-state index contributed by atoms with van der Waals surface area (Å²) in [6, 6.07) is 3.29. The van der Waals surface area contributed by atoms with E-state index in [0.717, 1.165) is 36.7 Å². The topological polar surface area (TPSA) is 122 Å². The minimum atomic E-state index is -0.933. The molecule has 4 aromatic rings. The number of thiophene rings is 1. The molecule has 6 rings (SSSR count). The molecule has 0 radical (unpaired) electrons. The minimum absolute atomic E-state index is 0.0216. The number of carbonyl (C=O) groups excluding carboxylic acids is 1. The molecule has 1 saturated carbocycles. The first-order valence-electron chi connectivity index (χ1n) is 13.8. The Morgan fingerprint density at radius 1 is 1.12 bits per heavy atom. The Bertz CT molecular complexity index is 1710. The van der Waals surface area contributed by atoms with Gasteiger partial charge in [-0.05, 0) is 44.4 Å². The smallest absolute Gasteiger partial charge is 0.332 e. The Kier molecular flexibility index (Phi) is 7.47. The van der Waals surface area contributed by atoms with Crippen molar-refractivity contribution in [3.8, 4) is 10.8 Å². The van der Waals surface area contributed by atoms with Crippen LogP contribution in [0.15, 0.2) is 40.2 Å². The highest BCUT2D eigenvalue weighted by molar-refractivity contribution is 7.21. The van der Waals surface area contributed by atoms with Crippen molar-refractivity contribution in [3.63, 3.8) is 0 Å². The van der Waals surface area contributed by atoms with Crippen LogP contribution in [0.4, 0.5) is 4.39 Å². The van der Waals surface area contributed by atoms with E-state index in [9.17, 15) is 18.8 Å². The molecule has 2 aliphatic rings. The average molecular weight is 583 g/mol. The van der Waals surface area contributed by atoms with Crippen molar-refractivity contribution < 1.29 is 18.7 Å². The van der Waals surface area contributed by atoms with Gasteiger partial charge in [0, 0.05) is 17.7 Å². The van der Waals surface area contributed by atoms with Gasteiger partial charge in [-0.3, -0.25) is 14.2 Å². The van der Waals surface area contributed by atoms with Gasteiger partial charge in [0.15, 0.2) is 0 Å². The summed E-state index contributed by atoms with van der Waals surface area (Å²) in [4.78, 5) is 42.6. The second-order valence-electron chi connectivity index (χ2n) is 10.5. The number of nitrogens with zero attached hydrogens (tertiary/aromatic N) is 5. The van der Waals surface area contributed by atoms with Gasteiger partial charge in [0.05, 0.1) is 37.5 Å². The molecule has 2 fully saturated rings. The van der Waals surface area contributed by atoms with Crippen LogP contribution in [-0.4, -0.2) is 49.8 Å². The Morgan fingerprint density at radius 2 is 1.88 bits per heavy atom. The van der Waals surface area contributed by atoms with Gasteiger partial charge in [-0.15, -0.1) is 4.80 Å². The molecule has 41 heavy (non-hydrogen) atoms. The number of aromatic nitrogens is 5. The summed E-state index contributed by atoms with van der Waals surface area (Å²) in [5.74, 6) is -0.398. The zero-order valence-electron chi connectivity index (χ0n) is 22.8. The second-order valence-corrected chi connectivity index (χ2v) is 11.4. The number of benzene rings is 1. The summed E-state index contributed by atoms with van der Waals surface area (Å²) in [6.07, 6.45) is 7.42. The number of amides is 1. The number of methoxy groups -OCH3 is 1. The molecule has 0 bridgehead atoms. The third kappa shape index (κ3) is 4.97. The van der Waals surface area contributed by atoms with Crippen molar-refractivity contribution in [1.29, 1.82) is 0 Å². The lowest BCUT2D eigenvalue weighted by atomic mass is 9.97. The van der Waals surface area contributed by atoms with Gasteiger partial charge in [0.25, 0.3) is 5.56 Å². The van der Waals surface area contributed by atoms with Crippen molar-refractivity contribution in [2.75, 3.05) is 13.7 Å². The number of aryl methyl sites for hydroxylation is 1. The maximum Gasteiger partial charge on any atom is 0.332 e. The molecule has 1 amide bonds. The summed E-state index contributed by atoms with van der Waals surface area (Å²) in [6.45, 7) is 2.12. The van der Waals surface area contributed by atoms with E-state index >= 15 is 0 Å². The SMILES string of the molecule is COc1ccc(F)cc1[C@H](Cn1c(=O)n([C@@H]2CCNC2=O)c(=O)c2c(C)c(-n3nccn3)sc21)OC1CCCCC1. The van der Waals surface area contributed by atoms with E-state index in [0.29, 0.717) is 45.1 Å². The van der Waals surface area contributed by atoms with Gasteiger partial charge < -0.3 is 14.8 Å². The maximum absolute atomic E-state index is 14.6. The van der Waals surface area contributed by atoms with Gasteiger partial charge in [0.1, 0.15) is 33.5 Å². The molecular formula is C28H31FN6O5S. The highest BCUT2D eigenvalue weighted by atomic mass is 32.1. The Labute approximate surface area is 238 Å². The van der Waals surface area contributed by atoms with E-state index in [1.165, 1.54) is 52.3 Å². The van der Waals surface area contributed by atoms with Crippen molar-refractivity contribution in [2.45, 2.75) is 70.2 Å². The van der Waals surface area contributed by atoms with Crippen LogP contribution in [0.1, 0.15) is 61.8 Å². The van der Waals surface area contributed by atoms with E-state index in [4.69, 9.17) is 9.47 Å². The Hall–Kier alpha value is -3.84. The average Bonchev–Trinajstić information content (AvgIpc) is 3.72. The summed E-state index contributed by atoms with van der Waals surface area (Å²) in [5.41, 5.74) is -0.0983. The highest BCUT2D eigenvalue weighted by Crippen LogP contribution is 2.36. The molecule has 1 aromatic carbocycles. The van der Waals surface area contributed by atoms with Crippen LogP contribution in [0.2, 0.25) is 0 Å². The van der Waals surface area contributed by atoms with Crippen molar-refractivity contribution >= 4 is 27.5 Å². The van der Waals surface area contributed by atoms with E-state index in [1.807, 2.05) is 0 Å². The van der Waals surface area contributed by atoms with Gasteiger partial charge in [-0.25, -0.2) is 13.8 Å². The lowest BCUT2D eigenvalue weighted by Crippen LogP contribution is -2.44. The first-order valence-corrected chi connectivity index (χ1v) is 14.6. The molecule has 3 aromatic heterocycles. The third-order valence-electron chi connectivity index (χ3n) is 7.95. The molecule has 1 aliphatic carbocycles. The van der Waals surface area contributed by atoms with Crippen LogP contribution in [0.25, 0.3) is 15.2 Å². The van der Waals surface area contributed by atoms with Crippen LogP contribution in [-0.2, 0) is 16.1 Å². The number of ether oxygens (including phenoxy) is 2. The molecule has 13 heteroatoms. The minimum Gasteiger partial charge on any atom is -0.496 e. The number of rotatable bonds is 8. The first kappa shape index (κ1) is 27.3. The molecule has 2 atom stereocenters. The van der Waals surface area contributed by atoms with E-state index in [1.54, 1.807) is 13.0 Å². The molecule has 1 N–H and O–H groups in total. The zero-order valence-corrected chi connectivity index (χ0v) is 23.7. The third-order valence-corrected chi connectivity index (χ3v) is 9.23.